The van der Waals surface area contributed by atoms with E-state index in [9.17, 15) is 0 Å². The van der Waals surface area contributed by atoms with Crippen LogP contribution in [0.1, 0.15) is 25.8 Å². The number of benzene rings is 1. The Kier molecular flexibility index (Phi) is 6.97. The van der Waals surface area contributed by atoms with Gasteiger partial charge in [-0.3, -0.25) is 0 Å². The summed E-state index contributed by atoms with van der Waals surface area (Å²) in [5, 5.41) is 7.32. The number of hydrogen-bond acceptors (Lipinski definition) is 1. The van der Waals surface area contributed by atoms with Crippen molar-refractivity contribution in [1.82, 2.24) is 0 Å². The molecule has 0 spiro atoms. The molecule has 0 aliphatic heterocycles. The summed E-state index contributed by atoms with van der Waals surface area (Å²) in [5.41, 5.74) is 1.44. The highest BCUT2D eigenvalue weighted by Gasteiger charge is 1.84. The molecular weight excluding hydrogens is 146 g/mol. The molecule has 64 valence electrons. The van der Waals surface area contributed by atoms with Crippen molar-refractivity contribution in [1.29, 1.82) is 5.26 Å². The number of aryl methyl sites for hydroxylation is 1. The molecule has 0 amide bonds. The molecule has 0 saturated carbocycles. The van der Waals surface area contributed by atoms with Gasteiger partial charge in [0.2, 0.25) is 0 Å². The first-order chi connectivity index (χ1) is 5.85. The van der Waals surface area contributed by atoms with Crippen molar-refractivity contribution in [3.8, 4) is 6.07 Å². The first kappa shape index (κ1) is 10.7. The highest BCUT2D eigenvalue weighted by molar-refractivity contribution is 5.14. The molecule has 12 heavy (non-hydrogen) atoms. The molecule has 0 saturated heterocycles. The predicted octanol–water partition coefficient (Wildman–Crippen LogP) is 3.17. The van der Waals surface area contributed by atoms with Crippen molar-refractivity contribution in [3.05, 3.63) is 35.9 Å². The van der Waals surface area contributed by atoms with E-state index in [4.69, 9.17) is 5.26 Å². The van der Waals surface area contributed by atoms with E-state index in [1.54, 1.807) is 6.07 Å². The average molecular weight is 161 g/mol. The van der Waals surface area contributed by atoms with E-state index in [0.29, 0.717) is 0 Å². The molecule has 0 fully saturated rings. The van der Waals surface area contributed by atoms with E-state index in [0.717, 1.165) is 0 Å². The summed E-state index contributed by atoms with van der Waals surface area (Å²) in [7, 11) is 0. The molecule has 0 unspecified atom stereocenters. The Bertz CT molecular complexity index is 221. The second-order valence-electron chi connectivity index (χ2n) is 2.46. The van der Waals surface area contributed by atoms with Crippen LogP contribution in [0.3, 0.4) is 0 Å². The fourth-order valence-corrected chi connectivity index (χ4v) is 0.933. The fraction of sp³-hybridized carbons (Fsp3) is 0.364. The van der Waals surface area contributed by atoms with E-state index in [-0.39, 0.29) is 0 Å². The van der Waals surface area contributed by atoms with Crippen LogP contribution in [0.25, 0.3) is 0 Å². The van der Waals surface area contributed by atoms with E-state index in [1.807, 2.05) is 0 Å². The average Bonchev–Trinajstić information content (AvgIpc) is 2.08. The van der Waals surface area contributed by atoms with Crippen LogP contribution < -0.4 is 0 Å². The number of hydrogen-bond donors (Lipinski definition) is 0. The van der Waals surface area contributed by atoms with Gasteiger partial charge in [-0.05, 0) is 12.0 Å². The predicted molar refractivity (Wildman–Crippen MR) is 51.7 cm³/mol. The lowest BCUT2D eigenvalue weighted by Crippen LogP contribution is -1.78. The molecule has 1 aromatic rings. The molecule has 0 aliphatic carbocycles. The molecule has 1 rings (SSSR count). The van der Waals surface area contributed by atoms with Crippen molar-refractivity contribution in [2.24, 2.45) is 0 Å². The molecular formula is C11H15N. The summed E-state index contributed by atoms with van der Waals surface area (Å²) in [6.07, 6.45) is 2.45. The minimum atomic E-state index is 1.21. The van der Waals surface area contributed by atoms with Gasteiger partial charge < -0.3 is 0 Å². The van der Waals surface area contributed by atoms with Crippen LogP contribution in [0.2, 0.25) is 0 Å². The van der Waals surface area contributed by atoms with Gasteiger partial charge in [0, 0.05) is 6.92 Å². The van der Waals surface area contributed by atoms with Gasteiger partial charge in [0.1, 0.15) is 0 Å². The van der Waals surface area contributed by atoms with Crippen LogP contribution in [0, 0.1) is 11.3 Å². The van der Waals surface area contributed by atoms with Gasteiger partial charge in [0.15, 0.2) is 0 Å². The maximum Gasteiger partial charge on any atom is 0.0587 e. The smallest absolute Gasteiger partial charge is 0.0587 e. The lowest BCUT2D eigenvalue weighted by molar-refractivity contribution is 0.922. The number of rotatable bonds is 2. The van der Waals surface area contributed by atoms with Crippen LogP contribution in [-0.2, 0) is 6.42 Å². The van der Waals surface area contributed by atoms with Crippen molar-refractivity contribution >= 4 is 0 Å². The fourth-order valence-electron chi connectivity index (χ4n) is 0.933. The van der Waals surface area contributed by atoms with Crippen LogP contribution in [0.5, 0.6) is 0 Å². The molecule has 0 radical (unpaired) electrons. The first-order valence-electron chi connectivity index (χ1n) is 4.19. The Morgan fingerprint density at radius 1 is 1.25 bits per heavy atom. The Morgan fingerprint density at radius 3 is 2.17 bits per heavy atom. The Hall–Kier alpha value is -1.29. The standard InChI is InChI=1S/C9H12.C2H3N/c1-2-6-9-7-4-3-5-8-9;1-2-3/h3-5,7-8H,2,6H2,1H3;1H3. The highest BCUT2D eigenvalue weighted by atomic mass is 14.2. The zero-order valence-corrected chi connectivity index (χ0v) is 7.75. The van der Waals surface area contributed by atoms with Gasteiger partial charge in [0.05, 0.1) is 6.07 Å². The van der Waals surface area contributed by atoms with Gasteiger partial charge in [-0.25, -0.2) is 0 Å². The summed E-state index contributed by atoms with van der Waals surface area (Å²) in [5.74, 6) is 0. The minimum absolute atomic E-state index is 1.21. The van der Waals surface area contributed by atoms with E-state index in [2.05, 4.69) is 37.3 Å². The van der Waals surface area contributed by atoms with Gasteiger partial charge >= 0.3 is 0 Å². The molecule has 1 heteroatoms. The Morgan fingerprint density at radius 2 is 1.75 bits per heavy atom. The van der Waals surface area contributed by atoms with Gasteiger partial charge in [-0.1, -0.05) is 43.7 Å². The van der Waals surface area contributed by atoms with Crippen molar-refractivity contribution in [3.63, 3.8) is 0 Å². The summed E-state index contributed by atoms with van der Waals surface area (Å²) in [6, 6.07) is 12.3. The molecule has 0 bridgehead atoms. The van der Waals surface area contributed by atoms with Crippen molar-refractivity contribution in [2.45, 2.75) is 26.7 Å². The van der Waals surface area contributed by atoms with Gasteiger partial charge in [-0.2, -0.15) is 5.26 Å². The summed E-state index contributed by atoms with van der Waals surface area (Å²) < 4.78 is 0. The number of nitriles is 1. The van der Waals surface area contributed by atoms with E-state index < -0.39 is 0 Å². The van der Waals surface area contributed by atoms with Crippen LogP contribution in [0.15, 0.2) is 30.3 Å². The van der Waals surface area contributed by atoms with Gasteiger partial charge in [0.25, 0.3) is 0 Å². The maximum absolute atomic E-state index is 7.32. The lowest BCUT2D eigenvalue weighted by atomic mass is 10.1. The van der Waals surface area contributed by atoms with Crippen LogP contribution in [0.4, 0.5) is 0 Å². The Labute approximate surface area is 74.7 Å². The summed E-state index contributed by atoms with van der Waals surface area (Å²) in [4.78, 5) is 0. The third kappa shape index (κ3) is 5.49. The van der Waals surface area contributed by atoms with Crippen molar-refractivity contribution in [2.75, 3.05) is 0 Å². The highest BCUT2D eigenvalue weighted by Crippen LogP contribution is 2.00. The first-order valence-corrected chi connectivity index (χ1v) is 4.19. The number of nitrogens with zero attached hydrogens (tertiary/aromatic N) is 1. The third-order valence-electron chi connectivity index (χ3n) is 1.38. The molecule has 1 aromatic carbocycles. The zero-order valence-electron chi connectivity index (χ0n) is 7.75. The van der Waals surface area contributed by atoms with E-state index in [1.165, 1.54) is 25.3 Å². The monoisotopic (exact) mass is 161 g/mol. The summed E-state index contributed by atoms with van der Waals surface area (Å²) in [6.45, 7) is 3.63. The van der Waals surface area contributed by atoms with Crippen LogP contribution in [-0.4, -0.2) is 0 Å². The normalized spacial score (nSPS) is 7.75. The molecule has 0 heterocycles. The lowest BCUT2D eigenvalue weighted by Gasteiger charge is -1.93. The zero-order chi connectivity index (χ0) is 9.23. The molecule has 0 atom stereocenters. The molecule has 0 aliphatic rings. The quantitative estimate of drug-likeness (QED) is 0.653. The second kappa shape index (κ2) is 7.81. The Balaban J connectivity index is 0.000000354. The minimum Gasteiger partial charge on any atom is -0.199 e. The van der Waals surface area contributed by atoms with Crippen LogP contribution >= 0.6 is 0 Å². The largest absolute Gasteiger partial charge is 0.199 e. The molecule has 0 aromatic heterocycles. The summed E-state index contributed by atoms with van der Waals surface area (Å²) >= 11 is 0. The van der Waals surface area contributed by atoms with Gasteiger partial charge in [-0.15, -0.1) is 0 Å². The molecule has 1 nitrogen and oxygen atoms in total. The van der Waals surface area contributed by atoms with Crippen molar-refractivity contribution < 1.29 is 0 Å². The molecule has 0 N–H and O–H groups in total. The SMILES string of the molecule is CC#N.CCCc1ccccc1. The topological polar surface area (TPSA) is 23.8 Å². The second-order valence-corrected chi connectivity index (χ2v) is 2.46. The van der Waals surface area contributed by atoms with E-state index >= 15 is 0 Å². The third-order valence-corrected chi connectivity index (χ3v) is 1.38. The maximum atomic E-state index is 7.32.